The molecule has 0 N–H and O–H groups in total. The van der Waals surface area contributed by atoms with E-state index in [1.165, 1.54) is 38.9 Å². The zero-order chi connectivity index (χ0) is 20.4. The molecule has 0 radical (unpaired) electrons. The van der Waals surface area contributed by atoms with Gasteiger partial charge < -0.3 is 4.74 Å². The van der Waals surface area contributed by atoms with Crippen LogP contribution in [0.15, 0.2) is 73.3 Å². The molecule has 3 aromatic carbocycles. The fourth-order valence-corrected chi connectivity index (χ4v) is 4.90. The number of benzene rings is 3. The first-order chi connectivity index (χ1) is 14.1. The zero-order valence-electron chi connectivity index (χ0n) is 17.7. The highest BCUT2D eigenvalue weighted by Crippen LogP contribution is 2.47. The van der Waals surface area contributed by atoms with Gasteiger partial charge in [0.2, 0.25) is 0 Å². The van der Waals surface area contributed by atoms with Crippen LogP contribution in [0.2, 0.25) is 0 Å². The lowest BCUT2D eigenvalue weighted by Crippen LogP contribution is -2.21. The van der Waals surface area contributed by atoms with Crippen LogP contribution in [0.4, 0.5) is 0 Å². The summed E-state index contributed by atoms with van der Waals surface area (Å²) in [5.41, 5.74) is 9.86. The van der Waals surface area contributed by atoms with Gasteiger partial charge in [0.05, 0.1) is 7.11 Å². The average molecular weight is 383 g/mol. The predicted octanol–water partition coefficient (Wildman–Crippen LogP) is 6.90. The van der Waals surface area contributed by atoms with E-state index in [1.807, 2.05) is 6.08 Å². The first-order valence-electron chi connectivity index (χ1n) is 10.5. The highest BCUT2D eigenvalue weighted by atomic mass is 16.5. The molecule has 3 aromatic rings. The van der Waals surface area contributed by atoms with E-state index in [-0.39, 0.29) is 0 Å². The Morgan fingerprint density at radius 3 is 2.52 bits per heavy atom. The molecular weight excluding hydrogens is 352 g/mol. The van der Waals surface area contributed by atoms with Gasteiger partial charge in [0.15, 0.2) is 0 Å². The highest BCUT2D eigenvalue weighted by Gasteiger charge is 2.32. The van der Waals surface area contributed by atoms with Crippen LogP contribution in [-0.4, -0.2) is 7.11 Å². The van der Waals surface area contributed by atoms with Crippen molar-refractivity contribution in [1.29, 1.82) is 0 Å². The number of rotatable bonds is 5. The van der Waals surface area contributed by atoms with Crippen molar-refractivity contribution in [1.82, 2.24) is 0 Å². The highest BCUT2D eigenvalue weighted by molar-refractivity contribution is 5.50. The van der Waals surface area contributed by atoms with Crippen LogP contribution in [-0.2, 0) is 12.8 Å². The van der Waals surface area contributed by atoms with E-state index in [4.69, 9.17) is 4.74 Å². The topological polar surface area (TPSA) is 9.23 Å². The van der Waals surface area contributed by atoms with Gasteiger partial charge in [-0.25, -0.2) is 0 Å². The molecule has 0 unspecified atom stereocenters. The summed E-state index contributed by atoms with van der Waals surface area (Å²) in [6, 6.07) is 22.5. The Morgan fingerprint density at radius 1 is 1.00 bits per heavy atom. The third-order valence-electron chi connectivity index (χ3n) is 6.56. The van der Waals surface area contributed by atoms with Gasteiger partial charge in [0.25, 0.3) is 0 Å². The first-order valence-corrected chi connectivity index (χ1v) is 10.5. The third-order valence-corrected chi connectivity index (χ3v) is 6.56. The van der Waals surface area contributed by atoms with E-state index in [0.717, 1.165) is 25.0 Å². The van der Waals surface area contributed by atoms with Crippen LogP contribution in [0.1, 0.15) is 57.2 Å². The van der Waals surface area contributed by atoms with Crippen molar-refractivity contribution in [3.05, 3.63) is 112 Å². The Balaban J connectivity index is 1.89. The molecule has 0 heterocycles. The molecule has 0 aliphatic heterocycles. The van der Waals surface area contributed by atoms with Crippen LogP contribution in [0.5, 0.6) is 5.75 Å². The van der Waals surface area contributed by atoms with Crippen LogP contribution in [0, 0.1) is 13.8 Å². The van der Waals surface area contributed by atoms with Gasteiger partial charge in [0, 0.05) is 5.92 Å². The van der Waals surface area contributed by atoms with E-state index in [9.17, 15) is 0 Å². The second-order valence-corrected chi connectivity index (χ2v) is 8.21. The molecule has 29 heavy (non-hydrogen) atoms. The van der Waals surface area contributed by atoms with Crippen LogP contribution < -0.4 is 4.74 Å². The third kappa shape index (κ3) is 3.74. The SMILES string of the molecule is C=CCc1cc([C@@H]2c3ccc(OC)cc3CC[C@@H]2c2ccccc2)cc(C)c1C. The summed E-state index contributed by atoms with van der Waals surface area (Å²) in [7, 11) is 1.75. The minimum absolute atomic E-state index is 0.356. The molecule has 1 aliphatic carbocycles. The number of hydrogen-bond acceptors (Lipinski definition) is 1. The predicted molar refractivity (Wildman–Crippen MR) is 122 cm³/mol. The molecule has 0 aromatic heterocycles. The van der Waals surface area contributed by atoms with Gasteiger partial charge in [-0.1, -0.05) is 54.6 Å². The molecule has 0 fully saturated rings. The number of methoxy groups -OCH3 is 1. The van der Waals surface area contributed by atoms with Crippen LogP contribution >= 0.6 is 0 Å². The lowest BCUT2D eigenvalue weighted by Gasteiger charge is -2.35. The molecule has 0 saturated carbocycles. The van der Waals surface area contributed by atoms with Gasteiger partial charge in [-0.15, -0.1) is 6.58 Å². The number of ether oxygens (including phenoxy) is 1. The lowest BCUT2D eigenvalue weighted by atomic mass is 9.68. The standard InChI is InChI=1S/C28H30O/c1-5-9-22-17-24(16-19(2)20(22)3)28-26(21-10-7-6-8-11-21)14-12-23-18-25(29-4)13-15-27(23)28/h5-8,10-11,13,15-18,26,28H,1,9,12,14H2,2-4H3/t26-,28+/m1/s1. The summed E-state index contributed by atoms with van der Waals surface area (Å²) in [5, 5.41) is 0. The van der Waals surface area contributed by atoms with E-state index in [2.05, 4.69) is 81.1 Å². The van der Waals surface area contributed by atoms with Crippen molar-refractivity contribution in [3.8, 4) is 5.75 Å². The Morgan fingerprint density at radius 2 is 1.79 bits per heavy atom. The quantitative estimate of drug-likeness (QED) is 0.436. The summed E-state index contributed by atoms with van der Waals surface area (Å²) >= 11 is 0. The van der Waals surface area contributed by atoms with E-state index in [0.29, 0.717) is 11.8 Å². The minimum Gasteiger partial charge on any atom is -0.497 e. The molecule has 1 aliphatic rings. The smallest absolute Gasteiger partial charge is 0.119 e. The Bertz CT molecular complexity index is 1020. The van der Waals surface area contributed by atoms with E-state index < -0.39 is 0 Å². The summed E-state index contributed by atoms with van der Waals surface area (Å²) in [6.07, 6.45) is 5.17. The maximum absolute atomic E-state index is 5.51. The largest absolute Gasteiger partial charge is 0.497 e. The van der Waals surface area contributed by atoms with Gasteiger partial charge in [-0.3, -0.25) is 0 Å². The van der Waals surface area contributed by atoms with Gasteiger partial charge in [0.1, 0.15) is 5.75 Å². The van der Waals surface area contributed by atoms with Gasteiger partial charge in [-0.2, -0.15) is 0 Å². The normalized spacial score (nSPS) is 18.2. The van der Waals surface area contributed by atoms with Crippen LogP contribution in [0.3, 0.4) is 0 Å². The molecular formula is C28H30O. The van der Waals surface area contributed by atoms with Gasteiger partial charge >= 0.3 is 0 Å². The Kier molecular flexibility index (Phi) is 5.58. The van der Waals surface area contributed by atoms with Crippen molar-refractivity contribution < 1.29 is 4.74 Å². The molecule has 1 heteroatoms. The Hall–Kier alpha value is -2.80. The summed E-state index contributed by atoms with van der Waals surface area (Å²) in [4.78, 5) is 0. The summed E-state index contributed by atoms with van der Waals surface area (Å²) < 4.78 is 5.51. The lowest BCUT2D eigenvalue weighted by molar-refractivity contribution is 0.412. The van der Waals surface area contributed by atoms with E-state index >= 15 is 0 Å². The molecule has 4 rings (SSSR count). The van der Waals surface area contributed by atoms with Gasteiger partial charge in [-0.05, 0) is 90.1 Å². The zero-order valence-corrected chi connectivity index (χ0v) is 17.7. The summed E-state index contributed by atoms with van der Waals surface area (Å²) in [5.74, 6) is 1.79. The summed E-state index contributed by atoms with van der Waals surface area (Å²) in [6.45, 7) is 8.44. The molecule has 2 atom stereocenters. The van der Waals surface area contributed by atoms with Crippen molar-refractivity contribution in [2.24, 2.45) is 0 Å². The first kappa shape index (κ1) is 19.5. The maximum Gasteiger partial charge on any atom is 0.119 e. The van der Waals surface area contributed by atoms with Crippen molar-refractivity contribution in [3.63, 3.8) is 0 Å². The van der Waals surface area contributed by atoms with Crippen molar-refractivity contribution >= 4 is 0 Å². The number of hydrogen-bond donors (Lipinski definition) is 0. The molecule has 1 nitrogen and oxygen atoms in total. The number of allylic oxidation sites excluding steroid dienone is 1. The average Bonchev–Trinajstić information content (AvgIpc) is 2.76. The second kappa shape index (κ2) is 8.29. The molecule has 0 amide bonds. The second-order valence-electron chi connectivity index (χ2n) is 8.21. The number of fused-ring (bicyclic) bond motifs is 1. The number of aryl methyl sites for hydroxylation is 2. The van der Waals surface area contributed by atoms with Crippen LogP contribution in [0.25, 0.3) is 0 Å². The molecule has 148 valence electrons. The molecule has 0 spiro atoms. The van der Waals surface area contributed by atoms with E-state index in [1.54, 1.807) is 7.11 Å². The fourth-order valence-electron chi connectivity index (χ4n) is 4.90. The van der Waals surface area contributed by atoms with Crippen molar-refractivity contribution in [2.75, 3.05) is 7.11 Å². The maximum atomic E-state index is 5.51. The Labute approximate surface area is 175 Å². The fraction of sp³-hybridized carbons (Fsp3) is 0.286. The molecule has 0 saturated heterocycles. The molecule has 0 bridgehead atoms. The monoisotopic (exact) mass is 382 g/mol. The minimum atomic E-state index is 0.356. The van der Waals surface area contributed by atoms with Crippen molar-refractivity contribution in [2.45, 2.75) is 44.9 Å².